The number of amides is 2. The zero-order valence-corrected chi connectivity index (χ0v) is 23.4. The summed E-state index contributed by atoms with van der Waals surface area (Å²) in [6.07, 6.45) is 5.31. The van der Waals surface area contributed by atoms with Crippen molar-refractivity contribution in [2.24, 2.45) is 11.8 Å². The normalized spacial score (nSPS) is 17.4. The van der Waals surface area contributed by atoms with Gasteiger partial charge in [-0.05, 0) is 82.0 Å². The van der Waals surface area contributed by atoms with E-state index < -0.39 is 0 Å². The van der Waals surface area contributed by atoms with Crippen LogP contribution in [0.4, 0.5) is 11.4 Å². The number of aromatic nitrogens is 2. The summed E-state index contributed by atoms with van der Waals surface area (Å²) in [6.45, 7) is 13.4. The number of benzene rings is 1. The fraction of sp³-hybridized carbons (Fsp3) is 0.517. The van der Waals surface area contributed by atoms with Crippen LogP contribution in [0.1, 0.15) is 65.3 Å². The van der Waals surface area contributed by atoms with Crippen molar-refractivity contribution >= 4 is 44.9 Å². The van der Waals surface area contributed by atoms with Gasteiger partial charge in [-0.15, -0.1) is 0 Å². The molecule has 0 atom stereocenters. The SMILES string of the molecule is Cc1cc(C)c(NC(=O)C2CCN(c3c(C(=O)N4CCC(C)CC4)cnc4snc(C)c34)CC2)c(C)c1. The molecular weight excluding hydrogens is 482 g/mol. The molecule has 37 heavy (non-hydrogen) atoms. The lowest BCUT2D eigenvalue weighted by molar-refractivity contribution is -0.120. The van der Waals surface area contributed by atoms with E-state index >= 15 is 0 Å². The first-order chi connectivity index (χ1) is 17.7. The summed E-state index contributed by atoms with van der Waals surface area (Å²) < 4.78 is 4.55. The van der Waals surface area contributed by atoms with Crippen molar-refractivity contribution in [2.45, 2.75) is 60.3 Å². The Bertz CT molecular complexity index is 1310. The number of aryl methyl sites for hydroxylation is 4. The van der Waals surface area contributed by atoms with Crippen LogP contribution in [-0.2, 0) is 4.79 Å². The third-order valence-corrected chi connectivity index (χ3v) is 8.90. The van der Waals surface area contributed by atoms with Crippen molar-refractivity contribution in [3.05, 3.63) is 46.3 Å². The highest BCUT2D eigenvalue weighted by Gasteiger charge is 2.32. The van der Waals surface area contributed by atoms with Crippen molar-refractivity contribution in [1.29, 1.82) is 0 Å². The molecule has 196 valence electrons. The second kappa shape index (κ2) is 10.4. The Labute approximate surface area is 223 Å². The zero-order valence-electron chi connectivity index (χ0n) is 22.6. The Morgan fingerprint density at radius 3 is 2.27 bits per heavy atom. The molecule has 1 N–H and O–H groups in total. The van der Waals surface area contributed by atoms with E-state index in [2.05, 4.69) is 45.6 Å². The van der Waals surface area contributed by atoms with Crippen LogP contribution >= 0.6 is 11.5 Å². The quantitative estimate of drug-likeness (QED) is 0.482. The number of carbonyl (C=O) groups excluding carboxylic acids is 2. The monoisotopic (exact) mass is 519 g/mol. The van der Waals surface area contributed by atoms with Gasteiger partial charge in [-0.3, -0.25) is 9.59 Å². The molecule has 2 aromatic heterocycles. The fourth-order valence-electron chi connectivity index (χ4n) is 5.87. The average molecular weight is 520 g/mol. The van der Waals surface area contributed by atoms with Gasteiger partial charge in [0, 0.05) is 44.0 Å². The highest BCUT2D eigenvalue weighted by molar-refractivity contribution is 7.13. The van der Waals surface area contributed by atoms with E-state index in [0.29, 0.717) is 11.5 Å². The van der Waals surface area contributed by atoms with Gasteiger partial charge in [0.1, 0.15) is 4.83 Å². The molecule has 8 heteroatoms. The van der Waals surface area contributed by atoms with Gasteiger partial charge in [-0.25, -0.2) is 4.98 Å². The number of carbonyl (C=O) groups is 2. The van der Waals surface area contributed by atoms with Crippen molar-refractivity contribution in [3.63, 3.8) is 0 Å². The van der Waals surface area contributed by atoms with Gasteiger partial charge in [-0.2, -0.15) is 4.37 Å². The molecular formula is C29H37N5O2S. The molecule has 2 aliphatic rings. The minimum atomic E-state index is -0.0573. The van der Waals surface area contributed by atoms with E-state index in [1.54, 1.807) is 6.20 Å². The summed E-state index contributed by atoms with van der Waals surface area (Å²) in [5.74, 6) is 0.747. The molecule has 4 heterocycles. The molecule has 2 amide bonds. The molecule has 2 saturated heterocycles. The predicted octanol–water partition coefficient (Wildman–Crippen LogP) is 5.65. The maximum atomic E-state index is 13.7. The Hall–Kier alpha value is -3.00. The number of pyridine rings is 1. The molecule has 3 aromatic rings. The van der Waals surface area contributed by atoms with Crippen LogP contribution in [0, 0.1) is 39.5 Å². The van der Waals surface area contributed by atoms with Gasteiger partial charge in [0.05, 0.1) is 22.3 Å². The third kappa shape index (κ3) is 5.08. The molecule has 5 rings (SSSR count). The maximum absolute atomic E-state index is 13.7. The predicted molar refractivity (Wildman–Crippen MR) is 151 cm³/mol. The zero-order chi connectivity index (χ0) is 26.3. The summed E-state index contributed by atoms with van der Waals surface area (Å²) >= 11 is 1.38. The summed E-state index contributed by atoms with van der Waals surface area (Å²) in [4.78, 5) is 36.7. The lowest BCUT2D eigenvalue weighted by atomic mass is 9.93. The number of fused-ring (bicyclic) bond motifs is 1. The van der Waals surface area contributed by atoms with Crippen LogP contribution in [0.15, 0.2) is 18.3 Å². The van der Waals surface area contributed by atoms with Crippen molar-refractivity contribution in [1.82, 2.24) is 14.3 Å². The standard InChI is InChI=1S/C29H37N5O2S/c1-17-6-10-34(11-7-17)29(36)23-16-30-28-24(21(5)32-37-28)26(23)33-12-8-22(9-13-33)27(35)31-25-19(3)14-18(2)15-20(25)4/h14-17,22H,6-13H2,1-5H3,(H,31,35). The van der Waals surface area contributed by atoms with Gasteiger partial charge in [0.2, 0.25) is 5.91 Å². The molecule has 0 aliphatic carbocycles. The van der Waals surface area contributed by atoms with Crippen LogP contribution in [0.3, 0.4) is 0 Å². The first-order valence-electron chi connectivity index (χ1n) is 13.4. The third-order valence-electron chi connectivity index (χ3n) is 8.06. The Morgan fingerprint density at radius 2 is 1.62 bits per heavy atom. The highest BCUT2D eigenvalue weighted by atomic mass is 32.1. The Morgan fingerprint density at radius 1 is 0.973 bits per heavy atom. The lowest BCUT2D eigenvalue weighted by Gasteiger charge is -2.36. The number of nitrogens with one attached hydrogen (secondary N) is 1. The van der Waals surface area contributed by atoms with Crippen molar-refractivity contribution < 1.29 is 9.59 Å². The highest BCUT2D eigenvalue weighted by Crippen LogP contribution is 2.37. The largest absolute Gasteiger partial charge is 0.370 e. The molecule has 0 bridgehead atoms. The Kier molecular flexibility index (Phi) is 7.21. The molecule has 0 saturated carbocycles. The molecule has 2 fully saturated rings. The lowest BCUT2D eigenvalue weighted by Crippen LogP contribution is -2.41. The number of rotatable bonds is 4. The summed E-state index contributed by atoms with van der Waals surface area (Å²) in [6, 6.07) is 4.22. The number of hydrogen-bond acceptors (Lipinski definition) is 6. The second-order valence-electron chi connectivity index (χ2n) is 11.0. The van der Waals surface area contributed by atoms with Gasteiger partial charge in [-0.1, -0.05) is 24.6 Å². The van der Waals surface area contributed by atoms with E-state index in [9.17, 15) is 9.59 Å². The molecule has 1 aromatic carbocycles. The first-order valence-corrected chi connectivity index (χ1v) is 14.2. The number of hydrogen-bond donors (Lipinski definition) is 1. The van der Waals surface area contributed by atoms with Crippen LogP contribution in [0.5, 0.6) is 0 Å². The maximum Gasteiger partial charge on any atom is 0.257 e. The molecule has 0 radical (unpaired) electrons. The summed E-state index contributed by atoms with van der Waals surface area (Å²) in [5, 5.41) is 4.19. The number of piperidine rings is 2. The van der Waals surface area contributed by atoms with Crippen molar-refractivity contribution in [3.8, 4) is 0 Å². The molecule has 0 spiro atoms. The van der Waals surface area contributed by atoms with Crippen LogP contribution in [-0.4, -0.2) is 52.3 Å². The van der Waals surface area contributed by atoms with Crippen LogP contribution in [0.25, 0.3) is 10.2 Å². The van der Waals surface area contributed by atoms with Gasteiger partial charge in [0.15, 0.2) is 0 Å². The van der Waals surface area contributed by atoms with E-state index in [4.69, 9.17) is 0 Å². The summed E-state index contributed by atoms with van der Waals surface area (Å²) in [7, 11) is 0. The first kappa shape index (κ1) is 25.6. The number of likely N-dealkylation sites (tertiary alicyclic amines) is 1. The van der Waals surface area contributed by atoms with Crippen LogP contribution in [0.2, 0.25) is 0 Å². The average Bonchev–Trinajstić information content (AvgIpc) is 3.26. The minimum absolute atomic E-state index is 0.0573. The van der Waals surface area contributed by atoms with Crippen LogP contribution < -0.4 is 10.2 Å². The van der Waals surface area contributed by atoms with E-state index in [-0.39, 0.29) is 17.7 Å². The fourth-order valence-corrected chi connectivity index (χ4v) is 6.62. The van der Waals surface area contributed by atoms with Crippen molar-refractivity contribution in [2.75, 3.05) is 36.4 Å². The second-order valence-corrected chi connectivity index (χ2v) is 11.7. The van der Waals surface area contributed by atoms with E-state index in [0.717, 1.165) is 90.3 Å². The van der Waals surface area contributed by atoms with Gasteiger partial charge < -0.3 is 15.1 Å². The Balaban J connectivity index is 1.36. The van der Waals surface area contributed by atoms with Gasteiger partial charge in [0.25, 0.3) is 5.91 Å². The molecule has 2 aliphatic heterocycles. The minimum Gasteiger partial charge on any atom is -0.370 e. The smallest absolute Gasteiger partial charge is 0.257 e. The number of nitrogens with zero attached hydrogens (tertiary/aromatic N) is 4. The van der Waals surface area contributed by atoms with E-state index in [1.807, 2.05) is 25.7 Å². The van der Waals surface area contributed by atoms with Gasteiger partial charge >= 0.3 is 0 Å². The molecule has 0 unspecified atom stereocenters. The number of anilines is 2. The topological polar surface area (TPSA) is 78.4 Å². The molecule has 7 nitrogen and oxygen atoms in total. The summed E-state index contributed by atoms with van der Waals surface area (Å²) in [5.41, 5.74) is 6.85. The van der Waals surface area contributed by atoms with E-state index in [1.165, 1.54) is 17.1 Å².